The van der Waals surface area contributed by atoms with E-state index in [1.165, 1.54) is 5.56 Å². The molecule has 0 aliphatic rings. The summed E-state index contributed by atoms with van der Waals surface area (Å²) in [5.41, 5.74) is 6.05. The summed E-state index contributed by atoms with van der Waals surface area (Å²) in [7, 11) is 0. The fraction of sp³-hybridized carbons (Fsp3) is 0.154. The van der Waals surface area contributed by atoms with Crippen LogP contribution in [0.15, 0.2) is 88.3 Å². The van der Waals surface area contributed by atoms with E-state index in [4.69, 9.17) is 14.4 Å². The number of aliphatic imine (C=N–C) groups is 1. The van der Waals surface area contributed by atoms with E-state index in [0.29, 0.717) is 11.8 Å². The number of aryl methyl sites for hydroxylation is 1. The van der Waals surface area contributed by atoms with Crippen molar-refractivity contribution in [3.63, 3.8) is 0 Å². The van der Waals surface area contributed by atoms with Crippen molar-refractivity contribution in [2.45, 2.75) is 26.7 Å². The minimum Gasteiger partial charge on any atom is -0.435 e. The van der Waals surface area contributed by atoms with E-state index in [2.05, 4.69) is 39.0 Å². The van der Waals surface area contributed by atoms with Crippen molar-refractivity contribution >= 4 is 11.9 Å². The molecule has 4 rings (SSSR count). The summed E-state index contributed by atoms with van der Waals surface area (Å²) in [6, 6.07) is 26.3. The van der Waals surface area contributed by atoms with Gasteiger partial charge in [-0.15, -0.1) is 0 Å². The van der Waals surface area contributed by atoms with Crippen LogP contribution in [0.4, 0.5) is 5.69 Å². The number of benzene rings is 3. The molecule has 0 atom stereocenters. The smallest absolute Gasteiger partial charge is 0.227 e. The van der Waals surface area contributed by atoms with Gasteiger partial charge in [-0.2, -0.15) is 0 Å². The summed E-state index contributed by atoms with van der Waals surface area (Å²) in [5, 5.41) is 0. The molecule has 4 aromatic rings. The molecule has 0 saturated carbocycles. The Morgan fingerprint density at radius 3 is 2.14 bits per heavy atom. The number of rotatable bonds is 5. The summed E-state index contributed by atoms with van der Waals surface area (Å²) in [6.45, 7) is 6.47. The first-order valence-corrected chi connectivity index (χ1v) is 9.88. The zero-order chi connectivity index (χ0) is 20.2. The maximum atomic E-state index is 6.18. The van der Waals surface area contributed by atoms with Crippen molar-refractivity contribution in [3.05, 3.63) is 95.7 Å². The van der Waals surface area contributed by atoms with E-state index in [1.54, 1.807) is 0 Å². The third-order valence-corrected chi connectivity index (χ3v) is 4.92. The van der Waals surface area contributed by atoms with Gasteiger partial charge >= 0.3 is 0 Å². The van der Waals surface area contributed by atoms with Crippen molar-refractivity contribution in [3.8, 4) is 22.8 Å². The highest BCUT2D eigenvalue weighted by Crippen LogP contribution is 2.32. The number of hydrogen-bond acceptors (Lipinski definition) is 3. The van der Waals surface area contributed by atoms with Gasteiger partial charge in [0.15, 0.2) is 5.76 Å². The SMILES string of the molecule is Cc1cccc(C(C)C)c1N=Cc1nc(-c2ccccc2)oc1-c1ccccc1. The molecule has 29 heavy (non-hydrogen) atoms. The molecule has 1 heterocycles. The molecule has 0 saturated heterocycles. The molecule has 0 radical (unpaired) electrons. The van der Waals surface area contributed by atoms with Crippen molar-refractivity contribution in [1.29, 1.82) is 0 Å². The minimum atomic E-state index is 0.396. The molecule has 1 aromatic heterocycles. The first-order chi connectivity index (χ1) is 14.1. The molecule has 0 fully saturated rings. The van der Waals surface area contributed by atoms with Gasteiger partial charge in [-0.3, -0.25) is 4.99 Å². The topological polar surface area (TPSA) is 38.4 Å². The molecule has 3 heteroatoms. The highest BCUT2D eigenvalue weighted by atomic mass is 16.4. The van der Waals surface area contributed by atoms with Gasteiger partial charge in [0.25, 0.3) is 0 Å². The molecular weight excluding hydrogens is 356 g/mol. The molecule has 0 aliphatic carbocycles. The lowest BCUT2D eigenvalue weighted by atomic mass is 9.98. The van der Waals surface area contributed by atoms with Crippen LogP contribution in [0.25, 0.3) is 22.8 Å². The van der Waals surface area contributed by atoms with Gasteiger partial charge in [0.05, 0.1) is 11.9 Å². The highest BCUT2D eigenvalue weighted by Gasteiger charge is 2.15. The molecule has 0 aliphatic heterocycles. The average Bonchev–Trinajstić information content (AvgIpc) is 3.18. The molecule has 0 unspecified atom stereocenters. The van der Waals surface area contributed by atoms with Crippen molar-refractivity contribution in [2.75, 3.05) is 0 Å². The second-order valence-electron chi connectivity index (χ2n) is 7.39. The molecular formula is C26H24N2O. The first-order valence-electron chi connectivity index (χ1n) is 9.88. The van der Waals surface area contributed by atoms with E-state index in [0.717, 1.165) is 33.8 Å². The number of para-hydroxylation sites is 1. The van der Waals surface area contributed by atoms with Crippen LogP contribution in [0.1, 0.15) is 36.6 Å². The Morgan fingerprint density at radius 1 is 0.828 bits per heavy atom. The van der Waals surface area contributed by atoms with E-state index < -0.39 is 0 Å². The number of nitrogens with zero attached hydrogens (tertiary/aromatic N) is 2. The second-order valence-corrected chi connectivity index (χ2v) is 7.39. The summed E-state index contributed by atoms with van der Waals surface area (Å²) < 4.78 is 6.18. The van der Waals surface area contributed by atoms with Gasteiger partial charge in [-0.25, -0.2) is 4.98 Å². The Morgan fingerprint density at radius 2 is 1.48 bits per heavy atom. The van der Waals surface area contributed by atoms with Crippen molar-refractivity contribution < 1.29 is 4.42 Å². The fourth-order valence-electron chi connectivity index (χ4n) is 3.37. The zero-order valence-corrected chi connectivity index (χ0v) is 17.0. The lowest BCUT2D eigenvalue weighted by Crippen LogP contribution is -1.92. The molecule has 0 N–H and O–H groups in total. The lowest BCUT2D eigenvalue weighted by Gasteiger charge is -2.11. The summed E-state index contributed by atoms with van der Waals surface area (Å²) in [5.74, 6) is 1.72. The van der Waals surface area contributed by atoms with Crippen LogP contribution in [0.5, 0.6) is 0 Å². The normalized spacial score (nSPS) is 11.4. The lowest BCUT2D eigenvalue weighted by molar-refractivity contribution is 0.588. The molecule has 0 spiro atoms. The van der Waals surface area contributed by atoms with Crippen molar-refractivity contribution in [1.82, 2.24) is 4.98 Å². The van der Waals surface area contributed by atoms with Gasteiger partial charge in [0.2, 0.25) is 5.89 Å². The van der Waals surface area contributed by atoms with Gasteiger partial charge in [-0.1, -0.05) is 80.6 Å². The van der Waals surface area contributed by atoms with Gasteiger partial charge < -0.3 is 4.42 Å². The highest BCUT2D eigenvalue weighted by molar-refractivity contribution is 5.89. The predicted octanol–water partition coefficient (Wildman–Crippen LogP) is 7.19. The average molecular weight is 380 g/mol. The van der Waals surface area contributed by atoms with E-state index in [-0.39, 0.29) is 0 Å². The molecule has 0 amide bonds. The van der Waals surface area contributed by atoms with Crippen LogP contribution < -0.4 is 0 Å². The second kappa shape index (κ2) is 8.27. The van der Waals surface area contributed by atoms with Crippen LogP contribution in [0.2, 0.25) is 0 Å². The Bertz CT molecular complexity index is 1130. The van der Waals surface area contributed by atoms with E-state index >= 15 is 0 Å². The Kier molecular flexibility index (Phi) is 5.39. The fourth-order valence-corrected chi connectivity index (χ4v) is 3.37. The third kappa shape index (κ3) is 4.04. The Balaban J connectivity index is 1.82. The number of oxazole rings is 1. The Hall–Kier alpha value is -3.46. The monoisotopic (exact) mass is 380 g/mol. The summed E-state index contributed by atoms with van der Waals surface area (Å²) >= 11 is 0. The molecule has 144 valence electrons. The van der Waals surface area contributed by atoms with E-state index in [9.17, 15) is 0 Å². The molecule has 3 aromatic carbocycles. The largest absolute Gasteiger partial charge is 0.435 e. The Labute approximate surface area is 171 Å². The van der Waals surface area contributed by atoms with Gasteiger partial charge in [0, 0.05) is 11.1 Å². The van der Waals surface area contributed by atoms with Crippen LogP contribution in [0.3, 0.4) is 0 Å². The maximum Gasteiger partial charge on any atom is 0.227 e. The van der Waals surface area contributed by atoms with Crippen LogP contribution in [0, 0.1) is 6.92 Å². The van der Waals surface area contributed by atoms with Crippen molar-refractivity contribution in [2.24, 2.45) is 4.99 Å². The van der Waals surface area contributed by atoms with E-state index in [1.807, 2.05) is 66.9 Å². The van der Waals surface area contributed by atoms with Gasteiger partial charge in [0.1, 0.15) is 5.69 Å². The van der Waals surface area contributed by atoms with Crippen LogP contribution in [-0.4, -0.2) is 11.2 Å². The van der Waals surface area contributed by atoms with Crippen LogP contribution in [-0.2, 0) is 0 Å². The number of hydrogen-bond donors (Lipinski definition) is 0. The predicted molar refractivity (Wildman–Crippen MR) is 120 cm³/mol. The first kappa shape index (κ1) is 18.9. The summed E-state index contributed by atoms with van der Waals surface area (Å²) in [4.78, 5) is 9.60. The standard InChI is InChI=1S/C26H24N2O/c1-18(2)22-16-10-11-19(3)24(22)27-17-23-25(20-12-6-4-7-13-20)29-26(28-23)21-14-8-5-9-15-21/h4-18H,1-3H3. The maximum absolute atomic E-state index is 6.18. The van der Waals surface area contributed by atoms with Gasteiger partial charge in [-0.05, 0) is 36.1 Å². The van der Waals surface area contributed by atoms with Crippen LogP contribution >= 0.6 is 0 Å². The molecule has 3 nitrogen and oxygen atoms in total. The molecule has 0 bridgehead atoms. The zero-order valence-electron chi connectivity index (χ0n) is 17.0. The summed E-state index contributed by atoms with van der Waals surface area (Å²) in [6.07, 6.45) is 1.83. The third-order valence-electron chi connectivity index (χ3n) is 4.92. The number of aromatic nitrogens is 1. The minimum absolute atomic E-state index is 0.396. The quantitative estimate of drug-likeness (QED) is 0.344.